The first-order chi connectivity index (χ1) is 12.9. The van der Waals surface area contributed by atoms with E-state index >= 15 is 0 Å². The summed E-state index contributed by atoms with van der Waals surface area (Å²) in [6, 6.07) is 19.6. The van der Waals surface area contributed by atoms with Crippen molar-refractivity contribution in [1.82, 2.24) is 0 Å². The average molecular weight is 372 g/mol. The predicted molar refractivity (Wildman–Crippen MR) is 97.0 cm³/mol. The fourth-order valence-electron chi connectivity index (χ4n) is 2.27. The summed E-state index contributed by atoms with van der Waals surface area (Å²) in [7, 11) is 0. The summed E-state index contributed by atoms with van der Waals surface area (Å²) in [6.07, 6.45) is -4.41. The van der Waals surface area contributed by atoms with Crippen molar-refractivity contribution in [3.8, 4) is 11.5 Å². The molecule has 0 bridgehead atoms. The monoisotopic (exact) mass is 372 g/mol. The van der Waals surface area contributed by atoms with Crippen molar-refractivity contribution in [2.24, 2.45) is 0 Å². The predicted octanol–water partition coefficient (Wildman–Crippen LogP) is 6.14. The maximum atomic E-state index is 12.5. The number of carbonyl (C=O) groups excluding carboxylic acids is 1. The number of urea groups is 1. The van der Waals surface area contributed by atoms with E-state index in [-0.39, 0.29) is 5.69 Å². The molecule has 4 nitrogen and oxygen atoms in total. The van der Waals surface area contributed by atoms with E-state index in [1.165, 1.54) is 12.1 Å². The van der Waals surface area contributed by atoms with Crippen LogP contribution in [0.25, 0.3) is 0 Å². The number of halogens is 3. The number of para-hydroxylation sites is 1. The highest BCUT2D eigenvalue weighted by Crippen LogP contribution is 2.30. The second-order valence-corrected chi connectivity index (χ2v) is 5.59. The van der Waals surface area contributed by atoms with Gasteiger partial charge in [-0.15, -0.1) is 0 Å². The first-order valence-corrected chi connectivity index (χ1v) is 7.98. The molecule has 0 saturated carbocycles. The molecule has 0 atom stereocenters. The number of hydrogen-bond donors (Lipinski definition) is 2. The van der Waals surface area contributed by atoms with Gasteiger partial charge in [0.1, 0.15) is 11.5 Å². The topological polar surface area (TPSA) is 50.4 Å². The van der Waals surface area contributed by atoms with E-state index in [9.17, 15) is 18.0 Å². The van der Waals surface area contributed by atoms with Crippen LogP contribution in [-0.4, -0.2) is 6.03 Å². The van der Waals surface area contributed by atoms with Crippen LogP contribution < -0.4 is 15.4 Å². The van der Waals surface area contributed by atoms with Crippen molar-refractivity contribution in [3.63, 3.8) is 0 Å². The zero-order valence-corrected chi connectivity index (χ0v) is 14.0. The lowest BCUT2D eigenvalue weighted by Gasteiger charge is -2.10. The Balaban J connectivity index is 1.56. The standard InChI is InChI=1S/C20H15F3N2O2/c21-20(22,23)14-6-8-15(9-7-14)24-19(26)25-16-10-12-18(13-11-16)27-17-4-2-1-3-5-17/h1-13H,(H2,24,25,26). The smallest absolute Gasteiger partial charge is 0.416 e. The van der Waals surface area contributed by atoms with Gasteiger partial charge in [0, 0.05) is 11.4 Å². The molecule has 0 aliphatic carbocycles. The Morgan fingerprint density at radius 1 is 0.704 bits per heavy atom. The second kappa shape index (κ2) is 7.82. The van der Waals surface area contributed by atoms with Gasteiger partial charge in [-0.2, -0.15) is 13.2 Å². The molecule has 3 aromatic carbocycles. The molecule has 0 aromatic heterocycles. The minimum absolute atomic E-state index is 0.254. The number of rotatable bonds is 4. The fourth-order valence-corrected chi connectivity index (χ4v) is 2.27. The fraction of sp³-hybridized carbons (Fsp3) is 0.0500. The first kappa shape index (κ1) is 18.3. The van der Waals surface area contributed by atoms with Crippen molar-refractivity contribution >= 4 is 17.4 Å². The molecule has 0 aliphatic rings. The van der Waals surface area contributed by atoms with E-state index < -0.39 is 17.8 Å². The molecule has 3 rings (SSSR count). The lowest BCUT2D eigenvalue weighted by Crippen LogP contribution is -2.19. The van der Waals surface area contributed by atoms with Gasteiger partial charge in [-0.3, -0.25) is 0 Å². The minimum Gasteiger partial charge on any atom is -0.457 e. The third-order valence-electron chi connectivity index (χ3n) is 3.56. The van der Waals surface area contributed by atoms with Gasteiger partial charge in [-0.1, -0.05) is 18.2 Å². The summed E-state index contributed by atoms with van der Waals surface area (Å²) in [5.74, 6) is 1.30. The van der Waals surface area contributed by atoms with Crippen LogP contribution in [0, 0.1) is 0 Å². The van der Waals surface area contributed by atoms with E-state index in [1.54, 1.807) is 24.3 Å². The molecule has 27 heavy (non-hydrogen) atoms. The lowest BCUT2D eigenvalue weighted by molar-refractivity contribution is -0.137. The highest BCUT2D eigenvalue weighted by molar-refractivity contribution is 5.99. The SMILES string of the molecule is O=C(Nc1ccc(Oc2ccccc2)cc1)Nc1ccc(C(F)(F)F)cc1. The molecular weight excluding hydrogens is 357 g/mol. The zero-order valence-electron chi connectivity index (χ0n) is 14.0. The zero-order chi connectivity index (χ0) is 19.3. The minimum atomic E-state index is -4.41. The molecule has 138 valence electrons. The van der Waals surface area contributed by atoms with Crippen molar-refractivity contribution in [1.29, 1.82) is 0 Å². The first-order valence-electron chi connectivity index (χ1n) is 7.98. The van der Waals surface area contributed by atoms with Gasteiger partial charge >= 0.3 is 12.2 Å². The number of alkyl halides is 3. The van der Waals surface area contributed by atoms with Crippen LogP contribution >= 0.6 is 0 Å². The normalized spacial score (nSPS) is 10.9. The summed E-state index contributed by atoms with van der Waals surface area (Å²) >= 11 is 0. The van der Waals surface area contributed by atoms with E-state index in [2.05, 4.69) is 10.6 Å². The second-order valence-electron chi connectivity index (χ2n) is 5.59. The quantitative estimate of drug-likeness (QED) is 0.578. The maximum absolute atomic E-state index is 12.5. The Bertz CT molecular complexity index is 893. The maximum Gasteiger partial charge on any atom is 0.416 e. The van der Waals surface area contributed by atoms with Gasteiger partial charge in [-0.25, -0.2) is 4.79 Å². The summed E-state index contributed by atoms with van der Waals surface area (Å²) in [4.78, 5) is 12.0. The number of hydrogen-bond acceptors (Lipinski definition) is 2. The molecule has 0 radical (unpaired) electrons. The third kappa shape index (κ3) is 5.24. The van der Waals surface area contributed by atoms with Crippen LogP contribution in [-0.2, 0) is 6.18 Å². The highest BCUT2D eigenvalue weighted by atomic mass is 19.4. The van der Waals surface area contributed by atoms with Gasteiger partial charge in [0.05, 0.1) is 5.56 Å². The van der Waals surface area contributed by atoms with Crippen molar-refractivity contribution < 1.29 is 22.7 Å². The number of anilines is 2. The van der Waals surface area contributed by atoms with Crippen LogP contribution in [0.2, 0.25) is 0 Å². The number of ether oxygens (including phenoxy) is 1. The number of carbonyl (C=O) groups is 1. The van der Waals surface area contributed by atoms with Crippen molar-refractivity contribution in [3.05, 3.63) is 84.4 Å². The van der Waals surface area contributed by atoms with Crippen LogP contribution in [0.3, 0.4) is 0 Å². The van der Waals surface area contributed by atoms with E-state index in [1.807, 2.05) is 30.3 Å². The molecule has 3 aromatic rings. The molecule has 7 heteroatoms. The van der Waals surface area contributed by atoms with Gasteiger partial charge in [0.15, 0.2) is 0 Å². The van der Waals surface area contributed by atoms with Crippen LogP contribution in [0.1, 0.15) is 5.56 Å². The third-order valence-corrected chi connectivity index (χ3v) is 3.56. The van der Waals surface area contributed by atoms with Crippen LogP contribution in [0.4, 0.5) is 29.3 Å². The molecule has 0 spiro atoms. The molecule has 0 saturated heterocycles. The van der Waals surface area contributed by atoms with Gasteiger partial charge < -0.3 is 15.4 Å². The highest BCUT2D eigenvalue weighted by Gasteiger charge is 2.29. The number of benzene rings is 3. The molecule has 0 aliphatic heterocycles. The van der Waals surface area contributed by atoms with Crippen molar-refractivity contribution in [2.45, 2.75) is 6.18 Å². The van der Waals surface area contributed by atoms with Gasteiger partial charge in [0.2, 0.25) is 0 Å². The average Bonchev–Trinajstić information content (AvgIpc) is 2.64. The Morgan fingerprint density at radius 2 is 1.19 bits per heavy atom. The molecule has 0 unspecified atom stereocenters. The molecule has 2 N–H and O–H groups in total. The molecule has 0 heterocycles. The largest absolute Gasteiger partial charge is 0.457 e. The Morgan fingerprint density at radius 3 is 1.70 bits per heavy atom. The Hall–Kier alpha value is -3.48. The Labute approximate surface area is 153 Å². The lowest BCUT2D eigenvalue weighted by atomic mass is 10.2. The number of nitrogens with one attached hydrogen (secondary N) is 2. The Kier molecular flexibility index (Phi) is 5.30. The number of amides is 2. The van der Waals surface area contributed by atoms with E-state index in [0.717, 1.165) is 12.1 Å². The molecule has 0 fully saturated rings. The van der Waals surface area contributed by atoms with Crippen LogP contribution in [0.15, 0.2) is 78.9 Å². The van der Waals surface area contributed by atoms with E-state index in [0.29, 0.717) is 17.2 Å². The van der Waals surface area contributed by atoms with Gasteiger partial charge in [0.25, 0.3) is 0 Å². The van der Waals surface area contributed by atoms with Crippen LogP contribution in [0.5, 0.6) is 11.5 Å². The summed E-state index contributed by atoms with van der Waals surface area (Å²) in [5, 5.41) is 5.07. The summed E-state index contributed by atoms with van der Waals surface area (Å²) < 4.78 is 43.2. The van der Waals surface area contributed by atoms with Crippen molar-refractivity contribution in [2.75, 3.05) is 10.6 Å². The molecule has 2 amide bonds. The molecular formula is C20H15F3N2O2. The van der Waals surface area contributed by atoms with Gasteiger partial charge in [-0.05, 0) is 60.7 Å². The summed E-state index contributed by atoms with van der Waals surface area (Å²) in [5.41, 5.74) is -0.00758. The summed E-state index contributed by atoms with van der Waals surface area (Å²) in [6.45, 7) is 0. The van der Waals surface area contributed by atoms with E-state index in [4.69, 9.17) is 4.74 Å².